The minimum atomic E-state index is -2.50. The smallest absolute Gasteiger partial charge is 0.248 e. The maximum atomic E-state index is 13.2. The fourth-order valence-electron chi connectivity index (χ4n) is 2.98. The number of aryl methyl sites for hydroxylation is 2. The van der Waals surface area contributed by atoms with Gasteiger partial charge in [0.05, 0.1) is 0 Å². The first-order valence-electron chi connectivity index (χ1n) is 6.56. The lowest BCUT2D eigenvalue weighted by atomic mass is 9.92. The molecule has 2 rings (SSSR count). The largest absolute Gasteiger partial charge is 0.327 e. The third kappa shape index (κ3) is 3.29. The summed E-state index contributed by atoms with van der Waals surface area (Å²) in [5.74, 6) is -2.54. The van der Waals surface area contributed by atoms with Gasteiger partial charge in [0, 0.05) is 18.9 Å². The molecule has 100 valence electrons. The Morgan fingerprint density at radius 1 is 1.28 bits per heavy atom. The predicted molar refractivity (Wildman–Crippen MR) is 69.9 cm³/mol. The average Bonchev–Trinajstić information content (AvgIpc) is 2.57. The second-order valence-electron chi connectivity index (χ2n) is 5.72. The molecular formula is C15H21F2N. The first-order chi connectivity index (χ1) is 8.35. The van der Waals surface area contributed by atoms with Crippen molar-refractivity contribution in [3.63, 3.8) is 0 Å². The highest BCUT2D eigenvalue weighted by Gasteiger charge is 2.41. The van der Waals surface area contributed by atoms with E-state index in [0.717, 1.165) is 5.56 Å². The zero-order valence-corrected chi connectivity index (χ0v) is 11.0. The number of hydrogen-bond donors (Lipinski definition) is 1. The van der Waals surface area contributed by atoms with Crippen LogP contribution in [0.5, 0.6) is 0 Å². The summed E-state index contributed by atoms with van der Waals surface area (Å²) in [6.45, 7) is 4.09. The van der Waals surface area contributed by atoms with Crippen molar-refractivity contribution in [2.75, 3.05) is 0 Å². The number of hydrogen-bond acceptors (Lipinski definition) is 1. The summed E-state index contributed by atoms with van der Waals surface area (Å²) >= 11 is 0. The number of nitrogens with two attached hydrogens (primary N) is 1. The summed E-state index contributed by atoms with van der Waals surface area (Å²) in [5, 5.41) is 0. The van der Waals surface area contributed by atoms with Crippen molar-refractivity contribution >= 4 is 0 Å². The van der Waals surface area contributed by atoms with Gasteiger partial charge in [0.25, 0.3) is 0 Å². The SMILES string of the molecule is Cc1cc(C)cc(CC(N)C2CCC(F)(F)C2)c1. The highest BCUT2D eigenvalue weighted by atomic mass is 19.3. The highest BCUT2D eigenvalue weighted by Crippen LogP contribution is 2.40. The summed E-state index contributed by atoms with van der Waals surface area (Å²) in [5.41, 5.74) is 9.67. The fourth-order valence-corrected chi connectivity index (χ4v) is 2.98. The zero-order valence-electron chi connectivity index (χ0n) is 11.0. The van der Waals surface area contributed by atoms with E-state index in [2.05, 4.69) is 18.2 Å². The van der Waals surface area contributed by atoms with Crippen LogP contribution in [0.4, 0.5) is 8.78 Å². The number of benzene rings is 1. The topological polar surface area (TPSA) is 26.0 Å². The Bertz CT molecular complexity index is 408. The van der Waals surface area contributed by atoms with E-state index in [1.54, 1.807) is 0 Å². The molecule has 1 aromatic rings. The molecule has 1 nitrogen and oxygen atoms in total. The van der Waals surface area contributed by atoms with Crippen molar-refractivity contribution in [2.45, 2.75) is 51.5 Å². The summed E-state index contributed by atoms with van der Waals surface area (Å²) in [6.07, 6.45) is 1.21. The van der Waals surface area contributed by atoms with E-state index < -0.39 is 5.92 Å². The van der Waals surface area contributed by atoms with E-state index in [0.29, 0.717) is 12.8 Å². The standard InChI is InChI=1S/C15H21F2N/c1-10-5-11(2)7-12(6-10)8-14(18)13-3-4-15(16,17)9-13/h5-7,13-14H,3-4,8-9,18H2,1-2H3. The first-order valence-corrected chi connectivity index (χ1v) is 6.56. The highest BCUT2D eigenvalue weighted by molar-refractivity contribution is 5.29. The lowest BCUT2D eigenvalue weighted by Gasteiger charge is -2.19. The molecular weight excluding hydrogens is 232 g/mol. The Labute approximate surface area is 107 Å². The molecule has 2 unspecified atom stereocenters. The maximum Gasteiger partial charge on any atom is 0.248 e. The number of rotatable bonds is 3. The summed E-state index contributed by atoms with van der Waals surface area (Å²) in [6, 6.07) is 6.15. The van der Waals surface area contributed by atoms with E-state index in [1.807, 2.05) is 13.8 Å². The van der Waals surface area contributed by atoms with Gasteiger partial charge in [-0.2, -0.15) is 0 Å². The Balaban J connectivity index is 2.01. The van der Waals surface area contributed by atoms with Gasteiger partial charge in [0.15, 0.2) is 0 Å². The van der Waals surface area contributed by atoms with Gasteiger partial charge in [-0.1, -0.05) is 29.3 Å². The van der Waals surface area contributed by atoms with Crippen LogP contribution in [0.15, 0.2) is 18.2 Å². The van der Waals surface area contributed by atoms with Gasteiger partial charge in [-0.25, -0.2) is 8.78 Å². The van der Waals surface area contributed by atoms with Crippen LogP contribution >= 0.6 is 0 Å². The number of halogens is 2. The molecule has 0 aliphatic heterocycles. The first kappa shape index (κ1) is 13.5. The molecule has 0 heterocycles. The van der Waals surface area contributed by atoms with Crippen molar-refractivity contribution in [3.8, 4) is 0 Å². The molecule has 0 saturated heterocycles. The molecule has 0 aromatic heterocycles. The van der Waals surface area contributed by atoms with E-state index in [9.17, 15) is 8.78 Å². The van der Waals surface area contributed by atoms with Crippen molar-refractivity contribution < 1.29 is 8.78 Å². The van der Waals surface area contributed by atoms with Crippen LogP contribution < -0.4 is 5.73 Å². The van der Waals surface area contributed by atoms with Gasteiger partial charge in [-0.05, 0) is 38.2 Å². The molecule has 0 amide bonds. The molecule has 0 bridgehead atoms. The molecule has 1 aromatic carbocycles. The predicted octanol–water partition coefficient (Wildman–Crippen LogP) is 3.61. The molecule has 1 aliphatic rings. The lowest BCUT2D eigenvalue weighted by Crippen LogP contribution is -2.31. The van der Waals surface area contributed by atoms with Gasteiger partial charge < -0.3 is 5.73 Å². The molecule has 18 heavy (non-hydrogen) atoms. The van der Waals surface area contributed by atoms with E-state index >= 15 is 0 Å². The summed E-state index contributed by atoms with van der Waals surface area (Å²) < 4.78 is 26.3. The minimum Gasteiger partial charge on any atom is -0.327 e. The van der Waals surface area contributed by atoms with Gasteiger partial charge in [0.1, 0.15) is 0 Å². The monoisotopic (exact) mass is 253 g/mol. The Hall–Kier alpha value is -0.960. The van der Waals surface area contributed by atoms with Crippen molar-refractivity contribution in [2.24, 2.45) is 11.7 Å². The minimum absolute atomic E-state index is 0.00177. The molecule has 0 spiro atoms. The van der Waals surface area contributed by atoms with Gasteiger partial charge in [-0.15, -0.1) is 0 Å². The Kier molecular flexibility index (Phi) is 3.71. The van der Waals surface area contributed by atoms with Crippen LogP contribution in [-0.4, -0.2) is 12.0 Å². The molecule has 2 atom stereocenters. The normalized spacial score (nSPS) is 24.2. The van der Waals surface area contributed by atoms with Crippen LogP contribution in [-0.2, 0) is 6.42 Å². The van der Waals surface area contributed by atoms with E-state index in [-0.39, 0.29) is 24.8 Å². The molecule has 0 radical (unpaired) electrons. The van der Waals surface area contributed by atoms with Crippen LogP contribution in [0.25, 0.3) is 0 Å². The van der Waals surface area contributed by atoms with Crippen LogP contribution in [0.3, 0.4) is 0 Å². The zero-order chi connectivity index (χ0) is 13.3. The second-order valence-corrected chi connectivity index (χ2v) is 5.72. The van der Waals surface area contributed by atoms with E-state index in [4.69, 9.17) is 5.73 Å². The average molecular weight is 253 g/mol. The molecule has 1 saturated carbocycles. The summed E-state index contributed by atoms with van der Waals surface area (Å²) in [7, 11) is 0. The molecule has 3 heteroatoms. The van der Waals surface area contributed by atoms with Gasteiger partial charge >= 0.3 is 0 Å². The third-order valence-electron chi connectivity index (χ3n) is 3.80. The molecule has 2 N–H and O–H groups in total. The van der Waals surface area contributed by atoms with Crippen LogP contribution in [0.2, 0.25) is 0 Å². The van der Waals surface area contributed by atoms with Crippen molar-refractivity contribution in [3.05, 3.63) is 34.9 Å². The molecule has 1 aliphatic carbocycles. The lowest BCUT2D eigenvalue weighted by molar-refractivity contribution is 0.00393. The third-order valence-corrected chi connectivity index (χ3v) is 3.80. The van der Waals surface area contributed by atoms with Gasteiger partial charge in [0.2, 0.25) is 5.92 Å². The second kappa shape index (κ2) is 4.96. The van der Waals surface area contributed by atoms with E-state index in [1.165, 1.54) is 11.1 Å². The van der Waals surface area contributed by atoms with Crippen LogP contribution in [0.1, 0.15) is 36.0 Å². The molecule has 1 fully saturated rings. The van der Waals surface area contributed by atoms with Crippen molar-refractivity contribution in [1.29, 1.82) is 0 Å². The number of alkyl halides is 2. The quantitative estimate of drug-likeness (QED) is 0.875. The summed E-state index contributed by atoms with van der Waals surface area (Å²) in [4.78, 5) is 0. The van der Waals surface area contributed by atoms with Gasteiger partial charge in [-0.3, -0.25) is 0 Å². The maximum absolute atomic E-state index is 13.2. The Morgan fingerprint density at radius 3 is 2.39 bits per heavy atom. The fraction of sp³-hybridized carbons (Fsp3) is 0.600. The Morgan fingerprint density at radius 2 is 1.89 bits per heavy atom. The van der Waals surface area contributed by atoms with Crippen molar-refractivity contribution in [1.82, 2.24) is 0 Å². The van der Waals surface area contributed by atoms with Crippen LogP contribution in [0, 0.1) is 19.8 Å².